The highest BCUT2D eigenvalue weighted by Gasteiger charge is 2.36. The van der Waals surface area contributed by atoms with Crippen molar-refractivity contribution in [2.45, 2.75) is 57.3 Å². The van der Waals surface area contributed by atoms with Crippen LogP contribution in [0.15, 0.2) is 49.3 Å². The highest BCUT2D eigenvalue weighted by Crippen LogP contribution is 2.35. The number of likely N-dealkylation sites (tertiary alicyclic amines) is 1. The van der Waals surface area contributed by atoms with Crippen LogP contribution in [-0.2, 0) is 0 Å². The topological polar surface area (TPSA) is 125 Å². The van der Waals surface area contributed by atoms with Gasteiger partial charge in [0, 0.05) is 67.0 Å². The summed E-state index contributed by atoms with van der Waals surface area (Å²) < 4.78 is 43.5. The highest BCUT2D eigenvalue weighted by atomic mass is 35.5. The fourth-order valence-corrected chi connectivity index (χ4v) is 5.83. The summed E-state index contributed by atoms with van der Waals surface area (Å²) in [5.41, 5.74) is -0.428. The molecule has 11 nitrogen and oxygen atoms in total. The van der Waals surface area contributed by atoms with Crippen LogP contribution in [0.2, 0.25) is 5.02 Å². The number of carbonyl (C=O) groups excluding carboxylic acids is 1. The first-order valence-electron chi connectivity index (χ1n) is 14.6. The summed E-state index contributed by atoms with van der Waals surface area (Å²) in [5, 5.41) is 16.7. The predicted octanol–water partition coefficient (Wildman–Crippen LogP) is 4.76. The van der Waals surface area contributed by atoms with Crippen molar-refractivity contribution in [1.82, 2.24) is 34.6 Å². The fourth-order valence-electron chi connectivity index (χ4n) is 5.67. The van der Waals surface area contributed by atoms with Gasteiger partial charge in [0.2, 0.25) is 5.95 Å². The van der Waals surface area contributed by atoms with E-state index in [0.29, 0.717) is 17.7 Å². The maximum Gasteiger partial charge on any atom is 0.275 e. The second-order valence-corrected chi connectivity index (χ2v) is 11.7. The molecule has 3 aromatic heterocycles. The van der Waals surface area contributed by atoms with Crippen LogP contribution in [-0.4, -0.2) is 83.5 Å². The number of rotatable bonds is 9. The zero-order valence-corrected chi connectivity index (χ0v) is 25.2. The number of aromatic nitrogens is 6. The lowest BCUT2D eigenvalue weighted by Gasteiger charge is -2.43. The standard InChI is InChI=1S/C30H31ClF3N9O2/c1-16(18-9-36-30(37-10-18)42-8-5-20(42)15-41-7-6-25(44)17(41)2)43-14-19(11-38-43)39-29(45)24-13-35-12-23(40-24)26-21(28(33)34)3-4-22(31)27(26)32/h3-4,9-14,16-17,20,25,28,44H,5-8,15H2,1-2H3,(H,39,45)/t16?,17-,20-,25-/m0/s1. The molecule has 2 N–H and O–H groups in total. The summed E-state index contributed by atoms with van der Waals surface area (Å²) in [7, 11) is 0. The highest BCUT2D eigenvalue weighted by molar-refractivity contribution is 6.31. The Morgan fingerprint density at radius 1 is 1.13 bits per heavy atom. The molecule has 15 heteroatoms. The minimum absolute atomic E-state index is 0.151. The van der Waals surface area contributed by atoms with E-state index in [1.165, 1.54) is 6.20 Å². The molecule has 0 radical (unpaired) electrons. The lowest BCUT2D eigenvalue weighted by atomic mass is 10.0. The van der Waals surface area contributed by atoms with E-state index in [9.17, 15) is 23.1 Å². The summed E-state index contributed by atoms with van der Waals surface area (Å²) in [6.45, 7) is 6.61. The van der Waals surface area contributed by atoms with Crippen LogP contribution in [0, 0.1) is 5.82 Å². The van der Waals surface area contributed by atoms with Crippen LogP contribution in [0.25, 0.3) is 11.3 Å². The van der Waals surface area contributed by atoms with E-state index in [1.807, 2.05) is 6.92 Å². The molecule has 0 bridgehead atoms. The van der Waals surface area contributed by atoms with Crippen molar-refractivity contribution in [1.29, 1.82) is 0 Å². The Balaban J connectivity index is 1.11. The molecular formula is C30H31ClF3N9O2. The number of nitrogens with zero attached hydrogens (tertiary/aromatic N) is 8. The van der Waals surface area contributed by atoms with Gasteiger partial charge in [0.25, 0.3) is 12.3 Å². The zero-order valence-electron chi connectivity index (χ0n) is 24.5. The second kappa shape index (κ2) is 12.7. The minimum Gasteiger partial charge on any atom is -0.391 e. The van der Waals surface area contributed by atoms with E-state index in [2.05, 4.69) is 47.1 Å². The molecule has 236 valence electrons. The average molecular weight is 642 g/mol. The van der Waals surface area contributed by atoms with Gasteiger partial charge >= 0.3 is 0 Å². The third kappa shape index (κ3) is 6.22. The fraction of sp³-hybridized carbons (Fsp3) is 0.400. The molecule has 6 rings (SSSR count). The first kappa shape index (κ1) is 30.9. The molecular weight excluding hydrogens is 611 g/mol. The molecule has 45 heavy (non-hydrogen) atoms. The quantitative estimate of drug-likeness (QED) is 0.266. The van der Waals surface area contributed by atoms with E-state index in [1.54, 1.807) is 23.3 Å². The summed E-state index contributed by atoms with van der Waals surface area (Å²) in [6.07, 6.45) is 7.40. The van der Waals surface area contributed by atoms with Crippen molar-refractivity contribution in [2.24, 2.45) is 0 Å². The summed E-state index contributed by atoms with van der Waals surface area (Å²) in [6, 6.07) is 2.25. The Morgan fingerprint density at radius 2 is 1.91 bits per heavy atom. The molecule has 0 spiro atoms. The van der Waals surface area contributed by atoms with Crippen LogP contribution in [0.3, 0.4) is 0 Å². The molecule has 1 unspecified atom stereocenters. The number of hydrogen-bond acceptors (Lipinski definition) is 9. The van der Waals surface area contributed by atoms with Crippen molar-refractivity contribution in [2.75, 3.05) is 29.9 Å². The first-order valence-corrected chi connectivity index (χ1v) is 14.9. The average Bonchev–Trinajstić information content (AvgIpc) is 3.62. The lowest BCUT2D eigenvalue weighted by molar-refractivity contribution is 0.102. The van der Waals surface area contributed by atoms with Gasteiger partial charge in [-0.1, -0.05) is 17.7 Å². The molecule has 4 atom stereocenters. The largest absolute Gasteiger partial charge is 0.391 e. The van der Waals surface area contributed by atoms with Crippen LogP contribution < -0.4 is 10.2 Å². The SMILES string of the molecule is CC(c1cnc(N2CC[C@H]2CN2CC[C@H](O)[C@@H]2C)nc1)n1cc(NC(=O)c2cncc(-c3c(C(F)F)ccc(Cl)c3F)n2)cn1. The van der Waals surface area contributed by atoms with Gasteiger partial charge in [0.15, 0.2) is 5.82 Å². The molecule has 5 heterocycles. The van der Waals surface area contributed by atoms with Crippen LogP contribution in [0.4, 0.5) is 24.8 Å². The maximum atomic E-state index is 14.7. The molecule has 1 aromatic carbocycles. The van der Waals surface area contributed by atoms with Crippen molar-refractivity contribution in [3.63, 3.8) is 0 Å². The normalized spacial score (nSPS) is 20.8. The number of hydrogen-bond donors (Lipinski definition) is 2. The monoisotopic (exact) mass is 641 g/mol. The summed E-state index contributed by atoms with van der Waals surface area (Å²) >= 11 is 5.82. The van der Waals surface area contributed by atoms with Gasteiger partial charge in [-0.15, -0.1) is 0 Å². The third-order valence-electron chi connectivity index (χ3n) is 8.57. The van der Waals surface area contributed by atoms with Gasteiger partial charge in [-0.05, 0) is 32.8 Å². The molecule has 0 aliphatic carbocycles. The Hall–Kier alpha value is -4.14. The zero-order chi connectivity index (χ0) is 31.8. The van der Waals surface area contributed by atoms with Gasteiger partial charge in [-0.3, -0.25) is 19.4 Å². The number of nitrogens with one attached hydrogen (secondary N) is 1. The Morgan fingerprint density at radius 3 is 2.58 bits per heavy atom. The molecule has 1 amide bonds. The van der Waals surface area contributed by atoms with Crippen molar-refractivity contribution in [3.05, 3.63) is 77.0 Å². The molecule has 0 saturated carbocycles. The number of aliphatic hydroxyl groups excluding tert-OH is 1. The van der Waals surface area contributed by atoms with Crippen LogP contribution in [0.5, 0.6) is 0 Å². The van der Waals surface area contributed by atoms with E-state index in [-0.39, 0.29) is 34.6 Å². The smallest absolute Gasteiger partial charge is 0.275 e. The van der Waals surface area contributed by atoms with Gasteiger partial charge in [-0.2, -0.15) is 5.10 Å². The molecule has 2 aliphatic heterocycles. The van der Waals surface area contributed by atoms with Gasteiger partial charge < -0.3 is 15.3 Å². The number of benzene rings is 1. The van der Waals surface area contributed by atoms with Gasteiger partial charge in [0.05, 0.1) is 47.1 Å². The van der Waals surface area contributed by atoms with E-state index < -0.39 is 29.3 Å². The predicted molar refractivity (Wildman–Crippen MR) is 161 cm³/mol. The number of halogens is 4. The Kier molecular flexibility index (Phi) is 8.71. The van der Waals surface area contributed by atoms with Crippen LogP contribution in [0.1, 0.15) is 60.8 Å². The first-order chi connectivity index (χ1) is 21.6. The molecule has 2 aliphatic rings. The van der Waals surface area contributed by atoms with E-state index >= 15 is 0 Å². The molecule has 4 aromatic rings. The van der Waals surface area contributed by atoms with Gasteiger partial charge in [0.1, 0.15) is 5.69 Å². The Labute approximate surface area is 262 Å². The number of alkyl halides is 2. The third-order valence-corrected chi connectivity index (χ3v) is 8.87. The molecule has 2 saturated heterocycles. The number of amides is 1. The number of aliphatic hydroxyl groups is 1. The van der Waals surface area contributed by atoms with Crippen LogP contribution >= 0.6 is 11.6 Å². The van der Waals surface area contributed by atoms with E-state index in [4.69, 9.17) is 11.6 Å². The maximum absolute atomic E-state index is 14.7. The lowest BCUT2D eigenvalue weighted by Crippen LogP contribution is -2.55. The Bertz CT molecular complexity index is 1690. The summed E-state index contributed by atoms with van der Waals surface area (Å²) in [5.74, 6) is -1.10. The second-order valence-electron chi connectivity index (χ2n) is 11.3. The molecule has 2 fully saturated rings. The number of carbonyl (C=O) groups is 1. The van der Waals surface area contributed by atoms with Gasteiger partial charge in [-0.25, -0.2) is 28.1 Å². The number of anilines is 2. The summed E-state index contributed by atoms with van der Waals surface area (Å²) in [4.78, 5) is 34.7. The van der Waals surface area contributed by atoms with Crippen molar-refractivity contribution >= 4 is 29.1 Å². The van der Waals surface area contributed by atoms with Crippen molar-refractivity contribution < 1.29 is 23.1 Å². The minimum atomic E-state index is -2.99. The van der Waals surface area contributed by atoms with Crippen molar-refractivity contribution in [3.8, 4) is 11.3 Å². The van der Waals surface area contributed by atoms with E-state index in [0.717, 1.165) is 62.6 Å².